The first-order valence-electron chi connectivity index (χ1n) is 5.47. The van der Waals surface area contributed by atoms with E-state index in [1.54, 1.807) is 11.3 Å². The number of aliphatic hydroxyl groups is 1. The second-order valence-electron chi connectivity index (χ2n) is 4.52. The van der Waals surface area contributed by atoms with Crippen LogP contribution in [-0.4, -0.2) is 30.3 Å². The first kappa shape index (κ1) is 14.2. The van der Waals surface area contributed by atoms with Gasteiger partial charge in [0.1, 0.15) is 0 Å². The summed E-state index contributed by atoms with van der Waals surface area (Å²) in [5, 5.41) is 12.4. The number of carbonyl (C=O) groups is 1. The van der Waals surface area contributed by atoms with Crippen molar-refractivity contribution in [2.75, 3.05) is 13.7 Å². The molecular formula is C12H19NO3S. The summed E-state index contributed by atoms with van der Waals surface area (Å²) in [5.74, 6) is -0.220. The maximum atomic E-state index is 11.1. The van der Waals surface area contributed by atoms with Gasteiger partial charge in [0.05, 0.1) is 20.1 Å². The third kappa shape index (κ3) is 4.85. The van der Waals surface area contributed by atoms with Gasteiger partial charge in [-0.1, -0.05) is 0 Å². The molecule has 0 amide bonds. The van der Waals surface area contributed by atoms with Crippen molar-refractivity contribution in [1.82, 2.24) is 5.32 Å². The normalized spacial score (nSPS) is 11.5. The Labute approximate surface area is 106 Å². The van der Waals surface area contributed by atoms with Crippen LogP contribution < -0.4 is 5.32 Å². The number of carbonyl (C=O) groups excluding carboxylic acids is 1. The molecular weight excluding hydrogens is 238 g/mol. The zero-order valence-corrected chi connectivity index (χ0v) is 11.3. The van der Waals surface area contributed by atoms with Gasteiger partial charge in [-0.3, -0.25) is 4.79 Å². The second kappa shape index (κ2) is 6.14. The van der Waals surface area contributed by atoms with E-state index in [-0.39, 0.29) is 18.1 Å². The highest BCUT2D eigenvalue weighted by molar-refractivity contribution is 7.12. The van der Waals surface area contributed by atoms with E-state index in [1.807, 2.05) is 26.0 Å². The number of esters is 1. The molecule has 2 N–H and O–H groups in total. The number of hydrogen-bond acceptors (Lipinski definition) is 5. The minimum absolute atomic E-state index is 0.0907. The molecule has 0 aliphatic carbocycles. The van der Waals surface area contributed by atoms with Crippen molar-refractivity contribution in [1.29, 1.82) is 0 Å². The lowest BCUT2D eigenvalue weighted by Crippen LogP contribution is -2.41. The van der Waals surface area contributed by atoms with E-state index in [4.69, 9.17) is 5.11 Å². The summed E-state index contributed by atoms with van der Waals surface area (Å²) in [6.45, 7) is 4.67. The molecule has 1 heterocycles. The highest BCUT2D eigenvalue weighted by Gasteiger charge is 2.15. The zero-order valence-electron chi connectivity index (χ0n) is 10.4. The van der Waals surface area contributed by atoms with Gasteiger partial charge in [-0.2, -0.15) is 0 Å². The zero-order chi connectivity index (χ0) is 12.9. The standard InChI is InChI=1S/C12H19NO3S/c1-12(2,8-14)13-7-10-5-4-9(17-10)6-11(15)16-3/h4-5,13-14H,6-8H2,1-3H3. The van der Waals surface area contributed by atoms with Crippen molar-refractivity contribution >= 4 is 17.3 Å². The smallest absolute Gasteiger partial charge is 0.310 e. The Morgan fingerprint density at radius 3 is 2.71 bits per heavy atom. The lowest BCUT2D eigenvalue weighted by atomic mass is 10.1. The molecule has 0 spiro atoms. The van der Waals surface area contributed by atoms with E-state index in [0.29, 0.717) is 13.0 Å². The lowest BCUT2D eigenvalue weighted by molar-refractivity contribution is -0.139. The van der Waals surface area contributed by atoms with Crippen LogP contribution in [0.5, 0.6) is 0 Å². The van der Waals surface area contributed by atoms with Gasteiger partial charge in [-0.25, -0.2) is 0 Å². The number of methoxy groups -OCH3 is 1. The molecule has 0 fully saturated rings. The molecule has 1 aromatic heterocycles. The van der Waals surface area contributed by atoms with Crippen LogP contribution in [0.25, 0.3) is 0 Å². The van der Waals surface area contributed by atoms with Crippen molar-refractivity contribution in [3.05, 3.63) is 21.9 Å². The van der Waals surface area contributed by atoms with Gasteiger partial charge in [-0.15, -0.1) is 11.3 Å². The summed E-state index contributed by atoms with van der Waals surface area (Å²) in [7, 11) is 1.39. The molecule has 17 heavy (non-hydrogen) atoms. The van der Waals surface area contributed by atoms with Crippen LogP contribution in [0.1, 0.15) is 23.6 Å². The van der Waals surface area contributed by atoms with Gasteiger partial charge in [0, 0.05) is 21.8 Å². The molecule has 0 unspecified atom stereocenters. The highest BCUT2D eigenvalue weighted by Crippen LogP contribution is 2.18. The monoisotopic (exact) mass is 257 g/mol. The van der Waals surface area contributed by atoms with Crippen LogP contribution in [0.3, 0.4) is 0 Å². The predicted molar refractivity (Wildman–Crippen MR) is 68.0 cm³/mol. The molecule has 0 radical (unpaired) electrons. The summed E-state index contributed by atoms with van der Waals surface area (Å²) in [6, 6.07) is 3.92. The number of hydrogen-bond donors (Lipinski definition) is 2. The first-order valence-corrected chi connectivity index (χ1v) is 6.29. The van der Waals surface area contributed by atoms with Gasteiger partial charge >= 0.3 is 5.97 Å². The molecule has 0 saturated heterocycles. The molecule has 4 nitrogen and oxygen atoms in total. The van der Waals surface area contributed by atoms with Crippen LogP contribution in [-0.2, 0) is 22.5 Å². The van der Waals surface area contributed by atoms with Crippen LogP contribution in [0.2, 0.25) is 0 Å². The molecule has 0 aromatic carbocycles. The quantitative estimate of drug-likeness (QED) is 0.755. The molecule has 5 heteroatoms. The van der Waals surface area contributed by atoms with Crippen LogP contribution >= 0.6 is 11.3 Å². The Morgan fingerprint density at radius 1 is 1.47 bits per heavy atom. The molecule has 0 aliphatic rings. The molecule has 0 bridgehead atoms. The van der Waals surface area contributed by atoms with E-state index in [0.717, 1.165) is 9.75 Å². The highest BCUT2D eigenvalue weighted by atomic mass is 32.1. The maximum absolute atomic E-state index is 11.1. The van der Waals surface area contributed by atoms with Crippen molar-refractivity contribution in [2.45, 2.75) is 32.4 Å². The largest absolute Gasteiger partial charge is 0.469 e. The van der Waals surface area contributed by atoms with Gasteiger partial charge in [0.25, 0.3) is 0 Å². The van der Waals surface area contributed by atoms with Crippen molar-refractivity contribution < 1.29 is 14.6 Å². The third-order valence-electron chi connectivity index (χ3n) is 2.40. The minimum atomic E-state index is -0.285. The van der Waals surface area contributed by atoms with Gasteiger partial charge in [0.15, 0.2) is 0 Å². The first-order chi connectivity index (χ1) is 7.96. The molecule has 0 aliphatic heterocycles. The summed E-state index contributed by atoms with van der Waals surface area (Å²) < 4.78 is 4.61. The Kier molecular flexibility index (Phi) is 5.11. The second-order valence-corrected chi connectivity index (χ2v) is 5.77. The average molecular weight is 257 g/mol. The Hall–Kier alpha value is -0.910. The Morgan fingerprint density at radius 2 is 2.12 bits per heavy atom. The van der Waals surface area contributed by atoms with Crippen LogP contribution in [0, 0.1) is 0 Å². The van der Waals surface area contributed by atoms with Gasteiger partial charge in [0.2, 0.25) is 0 Å². The fraction of sp³-hybridized carbons (Fsp3) is 0.583. The Bertz CT molecular complexity index is 374. The molecule has 0 saturated carbocycles. The fourth-order valence-electron chi connectivity index (χ4n) is 1.21. The number of aliphatic hydroxyl groups excluding tert-OH is 1. The average Bonchev–Trinajstić information content (AvgIpc) is 2.74. The molecule has 0 atom stereocenters. The molecule has 1 aromatic rings. The number of nitrogens with one attached hydrogen (secondary N) is 1. The van der Waals surface area contributed by atoms with Crippen LogP contribution in [0.4, 0.5) is 0 Å². The third-order valence-corrected chi connectivity index (χ3v) is 3.49. The van der Waals surface area contributed by atoms with Crippen molar-refractivity contribution in [3.63, 3.8) is 0 Å². The van der Waals surface area contributed by atoms with E-state index < -0.39 is 0 Å². The maximum Gasteiger partial charge on any atom is 0.310 e. The number of ether oxygens (including phenoxy) is 1. The summed E-state index contributed by atoms with van der Waals surface area (Å²) in [5.41, 5.74) is -0.285. The van der Waals surface area contributed by atoms with E-state index >= 15 is 0 Å². The summed E-state index contributed by atoms with van der Waals surface area (Å²) >= 11 is 1.58. The summed E-state index contributed by atoms with van der Waals surface area (Å²) in [6.07, 6.45) is 0.324. The van der Waals surface area contributed by atoms with Gasteiger partial charge in [-0.05, 0) is 26.0 Å². The molecule has 96 valence electrons. The predicted octanol–water partition coefficient (Wildman–Crippen LogP) is 1.32. The van der Waals surface area contributed by atoms with E-state index in [1.165, 1.54) is 7.11 Å². The fourth-order valence-corrected chi connectivity index (χ4v) is 2.15. The van der Waals surface area contributed by atoms with Crippen LogP contribution in [0.15, 0.2) is 12.1 Å². The molecule has 1 rings (SSSR count). The SMILES string of the molecule is COC(=O)Cc1ccc(CNC(C)(C)CO)s1. The topological polar surface area (TPSA) is 58.6 Å². The van der Waals surface area contributed by atoms with Gasteiger partial charge < -0.3 is 15.2 Å². The van der Waals surface area contributed by atoms with Crippen molar-refractivity contribution in [3.8, 4) is 0 Å². The van der Waals surface area contributed by atoms with E-state index in [9.17, 15) is 4.79 Å². The van der Waals surface area contributed by atoms with Crippen molar-refractivity contribution in [2.24, 2.45) is 0 Å². The number of rotatable bonds is 6. The Balaban J connectivity index is 2.49. The number of thiophene rings is 1. The summed E-state index contributed by atoms with van der Waals surface area (Å²) in [4.78, 5) is 13.2. The van der Waals surface area contributed by atoms with E-state index in [2.05, 4.69) is 10.1 Å². The lowest BCUT2D eigenvalue weighted by Gasteiger charge is -2.22. The minimum Gasteiger partial charge on any atom is -0.469 e.